The van der Waals surface area contributed by atoms with Crippen LogP contribution in [0.1, 0.15) is 110 Å². The number of methoxy groups -OCH3 is 3. The van der Waals surface area contributed by atoms with Gasteiger partial charge in [-0.2, -0.15) is 0 Å². The summed E-state index contributed by atoms with van der Waals surface area (Å²) < 4.78 is 46.8. The van der Waals surface area contributed by atoms with Gasteiger partial charge in [0.1, 0.15) is 30.2 Å². The van der Waals surface area contributed by atoms with Crippen LogP contribution in [-0.2, 0) is 42.9 Å². The maximum absolute atomic E-state index is 16.4. The summed E-state index contributed by atoms with van der Waals surface area (Å²) in [6, 6.07) is 13.6. The summed E-state index contributed by atoms with van der Waals surface area (Å²) in [5.41, 5.74) is 2.18. The van der Waals surface area contributed by atoms with Crippen molar-refractivity contribution in [2.75, 3.05) is 27.9 Å². The molecule has 0 aromatic heterocycles. The quantitative estimate of drug-likeness (QED) is 0.150. The zero-order chi connectivity index (χ0) is 48.7. The van der Waals surface area contributed by atoms with Crippen molar-refractivity contribution in [3.8, 4) is 0 Å². The molecule has 2 bridgehead atoms. The number of amides is 1. The molecule has 0 radical (unpaired) electrons. The minimum atomic E-state index is -2.61. The molecule has 67 heavy (non-hydrogen) atoms. The number of ketones is 2. The van der Waals surface area contributed by atoms with Crippen molar-refractivity contribution < 1.29 is 57.5 Å². The molecule has 1 amide bonds. The molecular formula is C54H74FNO11. The van der Waals surface area contributed by atoms with Crippen LogP contribution in [0, 0.1) is 29.6 Å². The molecule has 368 valence electrons. The van der Waals surface area contributed by atoms with E-state index in [1.54, 1.807) is 47.0 Å². The lowest BCUT2D eigenvalue weighted by Gasteiger charge is -2.47. The summed E-state index contributed by atoms with van der Waals surface area (Å²) in [5, 5.41) is 26.4. The van der Waals surface area contributed by atoms with Crippen molar-refractivity contribution in [2.45, 2.75) is 159 Å². The first-order valence-electron chi connectivity index (χ1n) is 24.3. The largest absolute Gasteiger partial charge is 0.456 e. The number of fused-ring (bicyclic) bond motifs is 4. The average Bonchev–Trinajstić information content (AvgIpc) is 3.33. The van der Waals surface area contributed by atoms with E-state index < -0.39 is 89.9 Å². The first-order chi connectivity index (χ1) is 31.9. The number of ether oxygens (including phenoxy) is 5. The Morgan fingerprint density at radius 1 is 0.925 bits per heavy atom. The zero-order valence-electron chi connectivity index (χ0n) is 40.7. The van der Waals surface area contributed by atoms with Gasteiger partial charge < -0.3 is 38.8 Å². The first kappa shape index (κ1) is 52.3. The lowest BCUT2D eigenvalue weighted by atomic mass is 9.75. The molecule has 13 heteroatoms. The Labute approximate surface area is 396 Å². The number of carbonyl (C=O) groups excluding carboxylic acids is 4. The van der Waals surface area contributed by atoms with Crippen molar-refractivity contribution in [1.29, 1.82) is 0 Å². The molecule has 0 spiro atoms. The van der Waals surface area contributed by atoms with E-state index in [1.165, 1.54) is 30.6 Å². The molecule has 2 aromatic carbocycles. The predicted molar refractivity (Wildman–Crippen MR) is 254 cm³/mol. The number of alkyl halides is 1. The molecule has 3 fully saturated rings. The highest BCUT2D eigenvalue weighted by molar-refractivity contribution is 6.39. The molecule has 1 saturated carbocycles. The third kappa shape index (κ3) is 11.7. The van der Waals surface area contributed by atoms with Crippen LogP contribution in [0.4, 0.5) is 4.39 Å². The number of benzene rings is 2. The Hall–Kier alpha value is -4.11. The van der Waals surface area contributed by atoms with Crippen LogP contribution in [0.5, 0.6) is 0 Å². The number of aliphatic hydroxyl groups excluding tert-OH is 1. The second-order valence-electron chi connectivity index (χ2n) is 19.9. The summed E-state index contributed by atoms with van der Waals surface area (Å²) in [6.07, 6.45) is 2.39. The molecule has 2 N–H and O–H groups in total. The van der Waals surface area contributed by atoms with Gasteiger partial charge in [-0.3, -0.25) is 14.4 Å². The minimum Gasteiger partial charge on any atom is -0.456 e. The number of nitrogens with zero attached hydrogens (tertiary/aromatic N) is 1. The van der Waals surface area contributed by atoms with Gasteiger partial charge in [-0.1, -0.05) is 81.5 Å². The number of piperidine rings is 1. The van der Waals surface area contributed by atoms with Gasteiger partial charge in [-0.25, -0.2) is 9.18 Å². The number of aliphatic hydroxyl groups is 2. The highest BCUT2D eigenvalue weighted by atomic mass is 19.1. The fraction of sp³-hybridized carbons (Fsp3) is 0.630. The van der Waals surface area contributed by atoms with Crippen LogP contribution in [0.2, 0.25) is 0 Å². The molecule has 3 aliphatic heterocycles. The lowest BCUT2D eigenvalue weighted by Crippen LogP contribution is -2.64. The Morgan fingerprint density at radius 3 is 2.30 bits per heavy atom. The average molecular weight is 932 g/mol. The smallest absolute Gasteiger partial charge is 0.329 e. The molecule has 4 aliphatic rings. The summed E-state index contributed by atoms with van der Waals surface area (Å²) in [4.78, 5) is 58.6. The van der Waals surface area contributed by atoms with Crippen molar-refractivity contribution in [3.05, 3.63) is 84.0 Å². The number of cyclic esters (lactones) is 1. The van der Waals surface area contributed by atoms with E-state index in [2.05, 4.69) is 43.0 Å². The highest BCUT2D eigenvalue weighted by Crippen LogP contribution is 2.42. The van der Waals surface area contributed by atoms with E-state index in [0.717, 1.165) is 17.7 Å². The maximum Gasteiger partial charge on any atom is 0.329 e. The fourth-order valence-corrected chi connectivity index (χ4v) is 11.2. The number of hydrogen-bond acceptors (Lipinski definition) is 11. The monoisotopic (exact) mass is 932 g/mol. The number of halogens is 1. The lowest BCUT2D eigenvalue weighted by molar-refractivity contribution is -0.302. The van der Waals surface area contributed by atoms with Crippen molar-refractivity contribution in [3.63, 3.8) is 0 Å². The number of hydrogen-bond donors (Lipinski definition) is 2. The van der Waals surface area contributed by atoms with Gasteiger partial charge in [0.25, 0.3) is 11.7 Å². The van der Waals surface area contributed by atoms with E-state index >= 15 is 4.39 Å². The number of esters is 1. The normalized spacial score (nSPS) is 37.7. The van der Waals surface area contributed by atoms with Crippen molar-refractivity contribution in [2.24, 2.45) is 29.6 Å². The number of allylic oxidation sites excluding steroid dienone is 4. The summed E-state index contributed by atoms with van der Waals surface area (Å²) >= 11 is 0. The number of rotatable bonds is 8. The number of Topliss-reactive ketones (excluding diaryl/α,β-unsaturated/α-hetero) is 2. The van der Waals surface area contributed by atoms with Crippen LogP contribution in [0.3, 0.4) is 0 Å². The molecule has 12 nitrogen and oxygen atoms in total. The van der Waals surface area contributed by atoms with Gasteiger partial charge in [-0.15, -0.1) is 6.58 Å². The van der Waals surface area contributed by atoms with Crippen LogP contribution in [0.15, 0.2) is 78.4 Å². The predicted octanol–water partition coefficient (Wildman–Crippen LogP) is 8.16. The second-order valence-corrected chi connectivity index (χ2v) is 19.9. The molecule has 15 unspecified atom stereocenters. The van der Waals surface area contributed by atoms with Crippen LogP contribution in [-0.4, -0.2) is 121 Å². The third-order valence-electron chi connectivity index (χ3n) is 15.3. The van der Waals surface area contributed by atoms with Gasteiger partial charge in [-0.05, 0) is 111 Å². The maximum atomic E-state index is 16.4. The zero-order valence-corrected chi connectivity index (χ0v) is 40.7. The molecule has 1 aliphatic carbocycles. The van der Waals surface area contributed by atoms with Gasteiger partial charge in [0.15, 0.2) is 0 Å². The fourth-order valence-electron chi connectivity index (χ4n) is 11.2. The first-order valence-corrected chi connectivity index (χ1v) is 24.3. The van der Waals surface area contributed by atoms with Crippen LogP contribution in [0.25, 0.3) is 10.8 Å². The van der Waals surface area contributed by atoms with Gasteiger partial charge in [0.05, 0.1) is 24.4 Å². The molecule has 2 aromatic rings. The van der Waals surface area contributed by atoms with E-state index in [4.69, 9.17) is 23.7 Å². The molecule has 3 heterocycles. The second kappa shape index (κ2) is 23.0. The number of carbonyl (C=O) groups is 4. The van der Waals surface area contributed by atoms with E-state index in [0.29, 0.717) is 30.4 Å². The Kier molecular flexibility index (Phi) is 17.9. The Bertz CT molecular complexity index is 2140. The Morgan fingerprint density at radius 2 is 1.61 bits per heavy atom. The minimum absolute atomic E-state index is 0.0282. The topological polar surface area (TPSA) is 158 Å². The van der Waals surface area contributed by atoms with E-state index in [-0.39, 0.29) is 62.4 Å². The molecule has 15 atom stereocenters. The van der Waals surface area contributed by atoms with E-state index in [1.807, 2.05) is 19.1 Å². The SMILES string of the molecule is C=CCC1/C=C(\C)C(F)C(C)CC(OC)C2OC(O)(C(=O)C(=O)N3CCCCC3C(=O)OC(C(C)=CC3CCC(c4ccc5ccccc5c4)C(OC)C3)C(C)C(O)CC1=O)C(C)CC2OC. The van der Waals surface area contributed by atoms with Gasteiger partial charge in [0, 0.05) is 58.0 Å². The van der Waals surface area contributed by atoms with Crippen molar-refractivity contribution >= 4 is 34.2 Å². The summed E-state index contributed by atoms with van der Waals surface area (Å²) in [6.45, 7) is 12.4. The van der Waals surface area contributed by atoms with Crippen molar-refractivity contribution in [1.82, 2.24) is 4.90 Å². The molecular weight excluding hydrogens is 858 g/mol. The van der Waals surface area contributed by atoms with Crippen LogP contribution < -0.4 is 0 Å². The molecule has 2 saturated heterocycles. The van der Waals surface area contributed by atoms with Crippen LogP contribution >= 0.6 is 0 Å². The standard InChI is InChI=1S/C54H74FNO11/c1-10-15-40-25-31(2)48(55)32(3)26-46(64-8)50-47(65-9)27-34(5)54(62,67-50)51(59)52(60)56-23-14-13-18-42(56)53(61)66-49(35(6)43(57)30-44(40)58)33(4)24-36-19-22-41(45(28-36)63-7)39-21-20-37-16-11-12-17-38(37)29-39/h10-12,16-17,20-21,24-25,29,32,34-36,40-43,45-50,57,62H,1,13-15,18-19,22-23,26-28,30H2,2-9H3/b31-25+,33-24?. The van der Waals surface area contributed by atoms with Gasteiger partial charge in [0.2, 0.25) is 5.79 Å². The summed E-state index contributed by atoms with van der Waals surface area (Å²) in [7, 11) is 4.61. The Balaban J connectivity index is 1.35. The highest BCUT2D eigenvalue weighted by Gasteiger charge is 2.57. The molecule has 6 rings (SSSR count). The summed E-state index contributed by atoms with van der Waals surface area (Å²) in [5.74, 6) is -9.02. The van der Waals surface area contributed by atoms with Gasteiger partial charge >= 0.3 is 5.97 Å². The van der Waals surface area contributed by atoms with E-state index in [9.17, 15) is 29.4 Å². The third-order valence-corrected chi connectivity index (χ3v) is 15.3.